The van der Waals surface area contributed by atoms with Crippen LogP contribution in [0.4, 0.5) is 0 Å². The molecule has 0 spiro atoms. The Hall–Kier alpha value is -1.80. The Morgan fingerprint density at radius 2 is 1.62 bits per heavy atom. The Balaban J connectivity index is 0.000000542. The Morgan fingerprint density at radius 3 is 2.08 bits per heavy atom. The van der Waals surface area contributed by atoms with Crippen LogP contribution in [-0.2, 0) is 26.2 Å². The summed E-state index contributed by atoms with van der Waals surface area (Å²) in [5.74, 6) is 0. The third kappa shape index (κ3) is 5.35. The van der Waals surface area contributed by atoms with E-state index in [4.69, 9.17) is 0 Å². The van der Waals surface area contributed by atoms with Gasteiger partial charge in [-0.3, -0.25) is 0 Å². The minimum atomic E-state index is 0. The molecule has 0 aliphatic rings. The zero-order chi connectivity index (χ0) is 16.4. The van der Waals surface area contributed by atoms with Gasteiger partial charge in [0.05, 0.1) is 0 Å². The summed E-state index contributed by atoms with van der Waals surface area (Å²) in [6, 6.07) is 21.5. The molecule has 1 aromatic heterocycles. The summed E-state index contributed by atoms with van der Waals surface area (Å²) in [7, 11) is 0. The topological polar surface area (TPSA) is 4.93 Å². The molecule has 0 bridgehead atoms. The maximum atomic E-state index is 2.25. The Labute approximate surface area is 173 Å². The predicted octanol–water partition coefficient (Wildman–Crippen LogP) is -0.00592. The van der Waals surface area contributed by atoms with Crippen molar-refractivity contribution >= 4 is 10.8 Å². The molecule has 0 aliphatic heterocycles. The fourth-order valence-corrected chi connectivity index (χ4v) is 2.89. The quantitative estimate of drug-likeness (QED) is 0.375. The van der Waals surface area contributed by atoms with Crippen molar-refractivity contribution in [3.63, 3.8) is 0 Å². The van der Waals surface area contributed by atoms with E-state index in [1.165, 1.54) is 38.8 Å². The van der Waals surface area contributed by atoms with Gasteiger partial charge in [-0.25, -0.2) is 12.1 Å². The first-order chi connectivity index (χ1) is 11.0. The van der Waals surface area contributed by atoms with Gasteiger partial charge in [0.25, 0.3) is 0 Å². The molecular weight excluding hydrogens is 407 g/mol. The van der Waals surface area contributed by atoms with Crippen molar-refractivity contribution in [3.8, 4) is 5.69 Å². The van der Waals surface area contributed by atoms with Crippen molar-refractivity contribution in [1.82, 2.24) is 4.57 Å². The van der Waals surface area contributed by atoms with Crippen LogP contribution in [0.5, 0.6) is 0 Å². The van der Waals surface area contributed by atoms with Crippen LogP contribution < -0.4 is 9.41 Å². The molecule has 0 aliphatic carbocycles. The molecule has 134 valence electrons. The molecule has 4 rings (SSSR count). The summed E-state index contributed by atoms with van der Waals surface area (Å²) < 4.78 is 2.25. The largest absolute Gasteiger partial charge is 4.00 e. The van der Waals surface area contributed by atoms with E-state index in [-0.39, 0.29) is 35.6 Å². The molecule has 26 heavy (non-hydrogen) atoms. The van der Waals surface area contributed by atoms with Gasteiger partial charge in [-0.05, 0) is 31.2 Å². The van der Waals surface area contributed by atoms with E-state index in [2.05, 4.69) is 99.1 Å². The molecule has 0 N–H and O–H groups in total. The predicted molar refractivity (Wildman–Crippen MR) is 99.9 cm³/mol. The molecular formula is C22H23F2NZr. The van der Waals surface area contributed by atoms with E-state index in [1.807, 2.05) is 0 Å². The van der Waals surface area contributed by atoms with Crippen LogP contribution in [0.25, 0.3) is 16.5 Å². The van der Waals surface area contributed by atoms with Gasteiger partial charge in [0.1, 0.15) is 0 Å². The molecule has 0 atom stereocenters. The van der Waals surface area contributed by atoms with Gasteiger partial charge in [-0.1, -0.05) is 19.9 Å². The van der Waals surface area contributed by atoms with Gasteiger partial charge in [0, 0.05) is 11.9 Å². The summed E-state index contributed by atoms with van der Waals surface area (Å²) in [5.41, 5.74) is 6.63. The van der Waals surface area contributed by atoms with E-state index >= 15 is 0 Å². The van der Waals surface area contributed by atoms with Crippen molar-refractivity contribution in [2.24, 2.45) is 0 Å². The summed E-state index contributed by atoms with van der Waals surface area (Å²) in [4.78, 5) is 0. The van der Waals surface area contributed by atoms with Crippen LogP contribution in [0, 0.1) is 27.7 Å². The van der Waals surface area contributed by atoms with E-state index < -0.39 is 0 Å². The monoisotopic (exact) mass is 429 g/mol. The maximum Gasteiger partial charge on any atom is 4.00 e. The summed E-state index contributed by atoms with van der Waals surface area (Å²) in [6.45, 7) is 8.52. The Bertz CT molecular complexity index is 881. The molecule has 4 heteroatoms. The fourth-order valence-electron chi connectivity index (χ4n) is 2.89. The average molecular weight is 431 g/mol. The Morgan fingerprint density at radius 1 is 0.923 bits per heavy atom. The number of hydrogen-bond acceptors (Lipinski definition) is 0. The van der Waals surface area contributed by atoms with Gasteiger partial charge in [-0.2, -0.15) is 17.2 Å². The maximum absolute atomic E-state index is 2.25. The van der Waals surface area contributed by atoms with Gasteiger partial charge in [0.2, 0.25) is 0 Å². The third-order valence-corrected chi connectivity index (χ3v) is 4.34. The minimum Gasteiger partial charge on any atom is -1.00 e. The molecule has 0 fully saturated rings. The van der Waals surface area contributed by atoms with Crippen LogP contribution >= 0.6 is 0 Å². The van der Waals surface area contributed by atoms with E-state index in [0.29, 0.717) is 0 Å². The molecule has 3 aromatic carbocycles. The van der Waals surface area contributed by atoms with Crippen molar-refractivity contribution in [3.05, 3.63) is 89.2 Å². The third-order valence-electron chi connectivity index (χ3n) is 4.34. The second-order valence-electron chi connectivity index (χ2n) is 6.26. The number of aryl methyl sites for hydroxylation is 4. The number of nitrogens with zero attached hydrogens (tertiary/aromatic N) is 1. The van der Waals surface area contributed by atoms with Crippen molar-refractivity contribution in [1.29, 1.82) is 0 Å². The van der Waals surface area contributed by atoms with Crippen LogP contribution in [0.1, 0.15) is 22.4 Å². The van der Waals surface area contributed by atoms with Crippen LogP contribution in [-0.4, -0.2) is 4.57 Å². The van der Waals surface area contributed by atoms with E-state index in [0.717, 1.165) is 0 Å². The van der Waals surface area contributed by atoms with Gasteiger partial charge in [0.15, 0.2) is 0 Å². The number of rotatable bonds is 1. The molecule has 4 aromatic rings. The van der Waals surface area contributed by atoms with E-state index in [9.17, 15) is 0 Å². The molecule has 0 saturated carbocycles. The second kappa shape index (κ2) is 10.4. The number of halogens is 2. The summed E-state index contributed by atoms with van der Waals surface area (Å²) >= 11 is 0. The Kier molecular flexibility index (Phi) is 9.66. The molecule has 1 nitrogen and oxygen atoms in total. The van der Waals surface area contributed by atoms with Gasteiger partial charge < -0.3 is 14.0 Å². The molecule has 1 heterocycles. The molecule has 0 saturated heterocycles. The van der Waals surface area contributed by atoms with Crippen molar-refractivity contribution in [2.45, 2.75) is 27.7 Å². The number of benzene rings is 1. The minimum absolute atomic E-state index is 0. The summed E-state index contributed by atoms with van der Waals surface area (Å²) in [6.07, 6.45) is 2.18. The van der Waals surface area contributed by atoms with Crippen LogP contribution in [0.15, 0.2) is 66.9 Å². The van der Waals surface area contributed by atoms with E-state index in [1.54, 1.807) is 0 Å². The number of fused-ring (bicyclic) bond motifs is 1. The normalized spacial score (nSPS) is 9.38. The smallest absolute Gasteiger partial charge is 1.00 e. The summed E-state index contributed by atoms with van der Waals surface area (Å²) in [5, 5.41) is 2.62. The zero-order valence-corrected chi connectivity index (χ0v) is 18.0. The number of aromatic nitrogens is 1. The van der Waals surface area contributed by atoms with Crippen LogP contribution in [0.2, 0.25) is 0 Å². The first kappa shape index (κ1) is 24.2. The average Bonchev–Trinajstić information content (AvgIpc) is 3.19. The fraction of sp³-hybridized carbons (Fsp3) is 0.182. The molecule has 0 unspecified atom stereocenters. The first-order valence-corrected chi connectivity index (χ1v) is 8.05. The van der Waals surface area contributed by atoms with Crippen LogP contribution in [0.3, 0.4) is 0 Å². The van der Waals surface area contributed by atoms with Gasteiger partial charge in [-0.15, -0.1) is 41.1 Å². The zero-order valence-electron chi connectivity index (χ0n) is 15.6. The van der Waals surface area contributed by atoms with Gasteiger partial charge >= 0.3 is 26.2 Å². The molecule has 0 amide bonds. The van der Waals surface area contributed by atoms with Crippen molar-refractivity contribution < 1.29 is 35.6 Å². The molecule has 0 radical (unpaired) electrons. The second-order valence-corrected chi connectivity index (χ2v) is 6.26. The van der Waals surface area contributed by atoms with Crippen molar-refractivity contribution in [2.75, 3.05) is 0 Å². The first-order valence-electron chi connectivity index (χ1n) is 8.05. The number of hydrogen-bond donors (Lipinski definition) is 0. The standard InChI is InChI=1S/C15H14N.C7H9.2FH.Zr/c1-11-7-12(2)16(10-11)15-8-13-5-3-4-6-14(13)9-15;1-6-4-3-5-7(6)2;;;/h3-10H,1-2H3;3-5H,1-2H3;2*1H;/q2*-1;;;+4/p-2. The SMILES string of the molecule is Cc1cc(C)n(-c2cc3ccccc3[cH-]2)c1.Cc1ccc[c-]1C.[F-].[F-].[Zr+4].